The average Bonchev–Trinajstić information content (AvgIpc) is 2.34. The number of nitro benzene ring substituents is 1. The Bertz CT molecular complexity index is 702. The molecule has 0 aliphatic carbocycles. The van der Waals surface area contributed by atoms with Crippen molar-refractivity contribution in [3.8, 4) is 0 Å². The van der Waals surface area contributed by atoms with Crippen LogP contribution in [0.1, 0.15) is 5.56 Å². The summed E-state index contributed by atoms with van der Waals surface area (Å²) in [5.74, 6) is 0. The van der Waals surface area contributed by atoms with E-state index in [9.17, 15) is 14.9 Å². The van der Waals surface area contributed by atoms with Gasteiger partial charge in [-0.25, -0.2) is 4.68 Å². The molecule has 2 aromatic rings. The highest BCUT2D eigenvalue weighted by Crippen LogP contribution is 2.23. The molecule has 0 spiro atoms. The summed E-state index contributed by atoms with van der Waals surface area (Å²) < 4.78 is 2.54. The van der Waals surface area contributed by atoms with E-state index < -0.39 is 4.92 Å². The molecule has 0 saturated heterocycles. The van der Waals surface area contributed by atoms with E-state index in [0.29, 0.717) is 10.0 Å². The maximum absolute atomic E-state index is 11.7. The maximum Gasteiger partial charge on any atom is 0.275 e. The van der Waals surface area contributed by atoms with E-state index in [1.165, 1.54) is 23.0 Å². The van der Waals surface area contributed by atoms with Crippen LogP contribution in [0.25, 0.3) is 0 Å². The normalized spacial score (nSPS) is 10.4. The van der Waals surface area contributed by atoms with Crippen LogP contribution in [0, 0.1) is 13.7 Å². The molecule has 0 unspecified atom stereocenters. The molecule has 0 radical (unpaired) electrons. The monoisotopic (exact) mass is 435 g/mol. The minimum atomic E-state index is -0.474. The second kappa shape index (κ2) is 5.78. The number of halogens is 2. The van der Waals surface area contributed by atoms with Crippen molar-refractivity contribution in [3.05, 3.63) is 64.5 Å². The van der Waals surface area contributed by atoms with Gasteiger partial charge in [0.1, 0.15) is 0 Å². The third-order valence-electron chi connectivity index (χ3n) is 2.40. The van der Waals surface area contributed by atoms with Crippen LogP contribution in [0.15, 0.2) is 39.7 Å². The van der Waals surface area contributed by atoms with Crippen molar-refractivity contribution >= 4 is 44.2 Å². The van der Waals surface area contributed by atoms with Crippen LogP contribution in [-0.4, -0.2) is 14.7 Å². The molecule has 0 amide bonds. The van der Waals surface area contributed by atoms with E-state index >= 15 is 0 Å². The standard InChI is InChI=1S/C11H7BrIN3O3/c12-8-2-1-7(10(3-8)16(18)19)6-15-11(17)4-9(13)5-14-15/h1-5H,6H2. The molecule has 19 heavy (non-hydrogen) atoms. The van der Waals surface area contributed by atoms with E-state index in [2.05, 4.69) is 21.0 Å². The third-order valence-corrected chi connectivity index (χ3v) is 3.48. The van der Waals surface area contributed by atoms with Crippen LogP contribution >= 0.6 is 38.5 Å². The average molecular weight is 436 g/mol. The molecule has 2 rings (SSSR count). The quantitative estimate of drug-likeness (QED) is 0.421. The third kappa shape index (κ3) is 3.38. The lowest BCUT2D eigenvalue weighted by atomic mass is 10.2. The topological polar surface area (TPSA) is 78.0 Å². The predicted octanol–water partition coefficient (Wildman–Crippen LogP) is 2.57. The first-order valence-electron chi connectivity index (χ1n) is 5.13. The smallest absolute Gasteiger partial charge is 0.268 e. The number of rotatable bonds is 3. The molecule has 6 nitrogen and oxygen atoms in total. The Labute approximate surface area is 129 Å². The van der Waals surface area contributed by atoms with Crippen LogP contribution in [0.2, 0.25) is 0 Å². The molecule has 1 aromatic heterocycles. The molecule has 98 valence electrons. The number of aromatic nitrogens is 2. The van der Waals surface area contributed by atoms with E-state index in [4.69, 9.17) is 0 Å². The lowest BCUT2D eigenvalue weighted by Crippen LogP contribution is -2.23. The Morgan fingerprint density at radius 2 is 2.16 bits per heavy atom. The first-order valence-corrected chi connectivity index (χ1v) is 7.00. The van der Waals surface area contributed by atoms with Crippen molar-refractivity contribution in [1.82, 2.24) is 9.78 Å². The first kappa shape index (κ1) is 14.1. The van der Waals surface area contributed by atoms with Crippen LogP contribution in [0.5, 0.6) is 0 Å². The summed E-state index contributed by atoms with van der Waals surface area (Å²) in [6.45, 7) is 0.0688. The molecule has 0 bridgehead atoms. The Balaban J connectivity index is 2.43. The second-order valence-electron chi connectivity index (χ2n) is 3.70. The van der Waals surface area contributed by atoms with Gasteiger partial charge in [0.2, 0.25) is 0 Å². The van der Waals surface area contributed by atoms with Gasteiger partial charge in [-0.3, -0.25) is 14.9 Å². The lowest BCUT2D eigenvalue weighted by molar-refractivity contribution is -0.385. The van der Waals surface area contributed by atoms with Crippen molar-refractivity contribution in [3.63, 3.8) is 0 Å². The summed E-state index contributed by atoms with van der Waals surface area (Å²) in [4.78, 5) is 22.2. The van der Waals surface area contributed by atoms with Gasteiger partial charge in [0.25, 0.3) is 11.2 Å². The van der Waals surface area contributed by atoms with Crippen molar-refractivity contribution < 1.29 is 4.92 Å². The van der Waals surface area contributed by atoms with Crippen LogP contribution in [-0.2, 0) is 6.54 Å². The van der Waals surface area contributed by atoms with E-state index in [-0.39, 0.29) is 17.8 Å². The summed E-state index contributed by atoms with van der Waals surface area (Å²) in [7, 11) is 0. The van der Waals surface area contributed by atoms with Gasteiger partial charge >= 0.3 is 0 Å². The summed E-state index contributed by atoms with van der Waals surface area (Å²) >= 11 is 5.17. The van der Waals surface area contributed by atoms with Gasteiger partial charge in [-0.1, -0.05) is 15.9 Å². The molecular weight excluding hydrogens is 429 g/mol. The van der Waals surface area contributed by atoms with Crippen molar-refractivity contribution in [2.75, 3.05) is 0 Å². The molecule has 8 heteroatoms. The van der Waals surface area contributed by atoms with Crippen LogP contribution in [0.3, 0.4) is 0 Å². The zero-order valence-corrected chi connectivity index (χ0v) is 13.2. The number of nitro groups is 1. The molecule has 0 N–H and O–H groups in total. The Kier molecular flexibility index (Phi) is 4.30. The first-order chi connectivity index (χ1) is 8.97. The van der Waals surface area contributed by atoms with Gasteiger partial charge in [-0.2, -0.15) is 5.10 Å². The minimum absolute atomic E-state index is 0.0402. The Morgan fingerprint density at radius 1 is 1.42 bits per heavy atom. The number of benzene rings is 1. The summed E-state index contributed by atoms with van der Waals surface area (Å²) in [5.41, 5.74) is 0.106. The molecule has 1 aromatic carbocycles. The molecular formula is C11H7BrIN3O3. The molecule has 0 atom stereocenters. The van der Waals surface area contributed by atoms with Crippen molar-refractivity contribution in [1.29, 1.82) is 0 Å². The zero-order valence-electron chi connectivity index (χ0n) is 9.42. The maximum atomic E-state index is 11.7. The summed E-state index contributed by atoms with van der Waals surface area (Å²) in [6, 6.07) is 6.14. The van der Waals surface area contributed by atoms with E-state index in [0.717, 1.165) is 3.57 Å². The van der Waals surface area contributed by atoms with Crippen molar-refractivity contribution in [2.24, 2.45) is 0 Å². The van der Waals surface area contributed by atoms with Gasteiger partial charge in [0.05, 0.1) is 23.2 Å². The van der Waals surface area contributed by atoms with Gasteiger partial charge in [0.15, 0.2) is 0 Å². The molecule has 1 heterocycles. The van der Waals surface area contributed by atoms with Gasteiger partial charge in [-0.05, 0) is 34.7 Å². The molecule has 0 saturated carbocycles. The highest BCUT2D eigenvalue weighted by molar-refractivity contribution is 14.1. The lowest BCUT2D eigenvalue weighted by Gasteiger charge is -2.05. The van der Waals surface area contributed by atoms with Gasteiger partial charge < -0.3 is 0 Å². The SMILES string of the molecule is O=c1cc(I)cnn1Cc1ccc(Br)cc1[N+](=O)[O-]. The van der Waals surface area contributed by atoms with Gasteiger partial charge in [0, 0.05) is 20.2 Å². The largest absolute Gasteiger partial charge is 0.275 e. The highest BCUT2D eigenvalue weighted by atomic mass is 127. The molecule has 0 fully saturated rings. The number of nitrogens with zero attached hydrogens (tertiary/aromatic N) is 3. The Morgan fingerprint density at radius 3 is 2.79 bits per heavy atom. The zero-order chi connectivity index (χ0) is 14.0. The molecule has 0 aliphatic heterocycles. The fourth-order valence-electron chi connectivity index (χ4n) is 1.53. The van der Waals surface area contributed by atoms with Crippen LogP contribution < -0.4 is 5.56 Å². The minimum Gasteiger partial charge on any atom is -0.268 e. The molecule has 0 aliphatic rings. The van der Waals surface area contributed by atoms with E-state index in [1.54, 1.807) is 12.1 Å². The Hall–Kier alpha value is -1.29. The fourth-order valence-corrected chi connectivity index (χ4v) is 2.27. The number of hydrogen-bond donors (Lipinski definition) is 0. The highest BCUT2D eigenvalue weighted by Gasteiger charge is 2.15. The van der Waals surface area contributed by atoms with E-state index in [1.807, 2.05) is 22.6 Å². The van der Waals surface area contributed by atoms with Gasteiger partial charge in [-0.15, -0.1) is 0 Å². The van der Waals surface area contributed by atoms with Crippen LogP contribution in [0.4, 0.5) is 5.69 Å². The fraction of sp³-hybridized carbons (Fsp3) is 0.0909. The second-order valence-corrected chi connectivity index (χ2v) is 5.86. The summed E-state index contributed by atoms with van der Waals surface area (Å²) in [5, 5.41) is 14.9. The van der Waals surface area contributed by atoms with Crippen molar-refractivity contribution in [2.45, 2.75) is 6.54 Å². The summed E-state index contributed by atoms with van der Waals surface area (Å²) in [6.07, 6.45) is 1.53. The predicted molar refractivity (Wildman–Crippen MR) is 81.1 cm³/mol. The number of hydrogen-bond acceptors (Lipinski definition) is 4.